The lowest BCUT2D eigenvalue weighted by Crippen LogP contribution is -2.54. The predicted molar refractivity (Wildman–Crippen MR) is 114 cm³/mol. The maximum Gasteiger partial charge on any atom is 0.261 e. The first-order valence-corrected chi connectivity index (χ1v) is 11.3. The Hall–Kier alpha value is -1.86. The summed E-state index contributed by atoms with van der Waals surface area (Å²) in [4.78, 5) is 27.8. The SMILES string of the molecule is CCOCCCNC(=O)CN1C(=O)/C(=C/c2ccccc2F)SC2CCCCC21. The van der Waals surface area contributed by atoms with E-state index in [9.17, 15) is 14.0 Å². The van der Waals surface area contributed by atoms with Crippen LogP contribution in [0.25, 0.3) is 6.08 Å². The quantitative estimate of drug-likeness (QED) is 0.516. The second-order valence-electron chi connectivity index (χ2n) is 7.37. The van der Waals surface area contributed by atoms with Crippen LogP contribution in [0.5, 0.6) is 0 Å². The molecule has 3 rings (SSSR count). The number of amides is 2. The predicted octanol–water partition coefficient (Wildman–Crippen LogP) is 3.60. The van der Waals surface area contributed by atoms with Crippen LogP contribution in [0, 0.1) is 5.82 Å². The van der Waals surface area contributed by atoms with Crippen molar-refractivity contribution in [2.75, 3.05) is 26.3 Å². The molecule has 1 aliphatic heterocycles. The first kappa shape index (κ1) is 21.8. The van der Waals surface area contributed by atoms with Crippen LogP contribution in [0.15, 0.2) is 29.2 Å². The summed E-state index contributed by atoms with van der Waals surface area (Å²) in [6.07, 6.45) is 6.46. The van der Waals surface area contributed by atoms with Crippen LogP contribution in [0.1, 0.15) is 44.6 Å². The fraction of sp³-hybridized carbons (Fsp3) is 0.545. The van der Waals surface area contributed by atoms with Crippen molar-refractivity contribution in [1.29, 1.82) is 0 Å². The van der Waals surface area contributed by atoms with Gasteiger partial charge in [-0.1, -0.05) is 31.0 Å². The molecule has 1 heterocycles. The average molecular weight is 421 g/mol. The summed E-state index contributed by atoms with van der Waals surface area (Å²) in [5, 5.41) is 3.13. The molecule has 0 bridgehead atoms. The highest BCUT2D eigenvalue weighted by molar-refractivity contribution is 8.04. The van der Waals surface area contributed by atoms with Crippen LogP contribution in [-0.2, 0) is 14.3 Å². The summed E-state index contributed by atoms with van der Waals surface area (Å²) in [7, 11) is 0. The zero-order valence-electron chi connectivity index (χ0n) is 16.9. The van der Waals surface area contributed by atoms with E-state index in [4.69, 9.17) is 4.74 Å². The second kappa shape index (κ2) is 10.8. The van der Waals surface area contributed by atoms with Gasteiger partial charge in [-0.15, -0.1) is 11.8 Å². The van der Waals surface area contributed by atoms with E-state index in [1.54, 1.807) is 29.2 Å². The molecule has 29 heavy (non-hydrogen) atoms. The van der Waals surface area contributed by atoms with E-state index < -0.39 is 0 Å². The number of benzene rings is 1. The lowest BCUT2D eigenvalue weighted by atomic mass is 9.93. The zero-order chi connectivity index (χ0) is 20.6. The normalized spacial score (nSPS) is 23.2. The third kappa shape index (κ3) is 5.82. The van der Waals surface area contributed by atoms with Crippen LogP contribution in [0.4, 0.5) is 4.39 Å². The van der Waals surface area contributed by atoms with E-state index in [-0.39, 0.29) is 35.5 Å². The van der Waals surface area contributed by atoms with Crippen molar-refractivity contribution < 1.29 is 18.7 Å². The fourth-order valence-electron chi connectivity index (χ4n) is 3.85. The van der Waals surface area contributed by atoms with Gasteiger partial charge < -0.3 is 15.0 Å². The maximum absolute atomic E-state index is 14.1. The van der Waals surface area contributed by atoms with Gasteiger partial charge in [0, 0.05) is 36.6 Å². The molecule has 1 aliphatic carbocycles. The topological polar surface area (TPSA) is 58.6 Å². The number of fused-ring (bicyclic) bond motifs is 1. The number of halogens is 1. The summed E-state index contributed by atoms with van der Waals surface area (Å²) in [6, 6.07) is 6.50. The maximum atomic E-state index is 14.1. The van der Waals surface area contributed by atoms with Gasteiger partial charge in [0.1, 0.15) is 12.4 Å². The lowest BCUT2D eigenvalue weighted by molar-refractivity contribution is -0.135. The molecular formula is C22H29FN2O3S. The Balaban J connectivity index is 1.70. The van der Waals surface area contributed by atoms with Gasteiger partial charge >= 0.3 is 0 Å². The van der Waals surface area contributed by atoms with Gasteiger partial charge in [-0.3, -0.25) is 9.59 Å². The van der Waals surface area contributed by atoms with E-state index in [0.29, 0.717) is 30.2 Å². The van der Waals surface area contributed by atoms with Gasteiger partial charge in [0.2, 0.25) is 5.91 Å². The molecule has 2 amide bonds. The average Bonchev–Trinajstić information content (AvgIpc) is 2.72. The molecule has 0 radical (unpaired) electrons. The minimum absolute atomic E-state index is 0.0454. The number of hydrogen-bond acceptors (Lipinski definition) is 4. The van der Waals surface area contributed by atoms with Crippen LogP contribution < -0.4 is 5.32 Å². The molecule has 2 unspecified atom stereocenters. The van der Waals surface area contributed by atoms with E-state index in [2.05, 4.69) is 5.32 Å². The molecule has 158 valence electrons. The Kier molecular flexibility index (Phi) is 8.12. The highest BCUT2D eigenvalue weighted by Gasteiger charge is 2.41. The monoisotopic (exact) mass is 420 g/mol. The van der Waals surface area contributed by atoms with Crippen LogP contribution in [-0.4, -0.2) is 54.3 Å². The van der Waals surface area contributed by atoms with E-state index in [1.165, 1.54) is 17.8 Å². The molecule has 1 aromatic rings. The highest BCUT2D eigenvalue weighted by atomic mass is 32.2. The molecule has 2 atom stereocenters. The number of thioether (sulfide) groups is 1. The Morgan fingerprint density at radius 3 is 2.93 bits per heavy atom. The van der Waals surface area contributed by atoms with Crippen LogP contribution >= 0.6 is 11.8 Å². The molecule has 2 aliphatic rings. The van der Waals surface area contributed by atoms with Gasteiger partial charge in [-0.25, -0.2) is 4.39 Å². The third-order valence-corrected chi connectivity index (χ3v) is 6.71. The first-order chi connectivity index (χ1) is 14.1. The molecule has 1 aromatic carbocycles. The highest BCUT2D eigenvalue weighted by Crippen LogP contribution is 2.42. The van der Waals surface area contributed by atoms with Gasteiger partial charge in [0.25, 0.3) is 5.91 Å². The molecule has 1 N–H and O–H groups in total. The van der Waals surface area contributed by atoms with Crippen molar-refractivity contribution in [2.45, 2.75) is 50.3 Å². The van der Waals surface area contributed by atoms with Crippen molar-refractivity contribution in [3.8, 4) is 0 Å². The summed E-state index contributed by atoms with van der Waals surface area (Å²) >= 11 is 1.54. The van der Waals surface area contributed by atoms with Crippen molar-refractivity contribution >= 4 is 29.7 Å². The van der Waals surface area contributed by atoms with Crippen molar-refractivity contribution in [1.82, 2.24) is 10.2 Å². The number of carbonyl (C=O) groups excluding carboxylic acids is 2. The molecule has 1 saturated heterocycles. The number of carbonyl (C=O) groups is 2. The second-order valence-corrected chi connectivity index (χ2v) is 8.65. The van der Waals surface area contributed by atoms with Crippen molar-refractivity contribution in [3.05, 3.63) is 40.6 Å². The van der Waals surface area contributed by atoms with Gasteiger partial charge in [0.15, 0.2) is 0 Å². The van der Waals surface area contributed by atoms with Crippen molar-refractivity contribution in [3.63, 3.8) is 0 Å². The molecule has 7 heteroatoms. The van der Waals surface area contributed by atoms with E-state index in [0.717, 1.165) is 32.1 Å². The fourth-order valence-corrected chi connectivity index (χ4v) is 5.32. The van der Waals surface area contributed by atoms with E-state index in [1.807, 2.05) is 6.92 Å². The molecular weight excluding hydrogens is 391 g/mol. The summed E-state index contributed by atoms with van der Waals surface area (Å²) < 4.78 is 19.4. The minimum atomic E-state index is -0.349. The zero-order valence-corrected chi connectivity index (χ0v) is 17.7. The summed E-state index contributed by atoms with van der Waals surface area (Å²) in [5.41, 5.74) is 0.401. The van der Waals surface area contributed by atoms with Crippen LogP contribution in [0.2, 0.25) is 0 Å². The number of nitrogens with one attached hydrogen (secondary N) is 1. The van der Waals surface area contributed by atoms with E-state index >= 15 is 0 Å². The number of ether oxygens (including phenoxy) is 1. The number of hydrogen-bond donors (Lipinski definition) is 1. The molecule has 1 saturated carbocycles. The van der Waals surface area contributed by atoms with Gasteiger partial charge in [-0.2, -0.15) is 0 Å². The Morgan fingerprint density at radius 2 is 2.14 bits per heavy atom. The Morgan fingerprint density at radius 1 is 1.34 bits per heavy atom. The first-order valence-electron chi connectivity index (χ1n) is 10.4. The Labute approximate surface area is 176 Å². The third-order valence-electron chi connectivity index (χ3n) is 5.32. The molecule has 5 nitrogen and oxygen atoms in total. The molecule has 0 aromatic heterocycles. The largest absolute Gasteiger partial charge is 0.382 e. The van der Waals surface area contributed by atoms with Crippen LogP contribution in [0.3, 0.4) is 0 Å². The summed E-state index contributed by atoms with van der Waals surface area (Å²) in [5.74, 6) is -0.681. The number of nitrogens with zero attached hydrogens (tertiary/aromatic N) is 1. The molecule has 0 spiro atoms. The number of rotatable bonds is 8. The summed E-state index contributed by atoms with van der Waals surface area (Å²) in [6.45, 7) is 3.78. The van der Waals surface area contributed by atoms with Gasteiger partial charge in [-0.05, 0) is 38.3 Å². The van der Waals surface area contributed by atoms with Gasteiger partial charge in [0.05, 0.1) is 4.91 Å². The minimum Gasteiger partial charge on any atom is -0.382 e. The standard InChI is InChI=1S/C22H29FN2O3S/c1-2-28-13-7-12-24-21(26)15-25-18-10-5-6-11-19(18)29-20(22(25)27)14-16-8-3-4-9-17(16)23/h3-4,8-9,14,18-19H,2,5-7,10-13,15H2,1H3,(H,24,26)/b20-14-. The smallest absolute Gasteiger partial charge is 0.261 e. The Bertz CT molecular complexity index is 755. The van der Waals surface area contributed by atoms with Crippen molar-refractivity contribution in [2.24, 2.45) is 0 Å². The lowest BCUT2D eigenvalue weighted by Gasteiger charge is -2.43. The molecule has 2 fully saturated rings.